The van der Waals surface area contributed by atoms with Gasteiger partial charge < -0.3 is 4.90 Å². The van der Waals surface area contributed by atoms with E-state index in [2.05, 4.69) is 5.10 Å². The molecule has 1 rings (SSSR count). The van der Waals surface area contributed by atoms with Crippen LogP contribution in [-0.4, -0.2) is 23.9 Å². The molecule has 0 bridgehead atoms. The first-order valence-electron chi connectivity index (χ1n) is 3.86. The van der Waals surface area contributed by atoms with Gasteiger partial charge in [0.2, 0.25) is 0 Å². The fourth-order valence-electron chi connectivity index (χ4n) is 0.639. The van der Waals surface area contributed by atoms with Crippen molar-refractivity contribution in [2.75, 3.05) is 19.0 Å². The predicted octanol–water partition coefficient (Wildman–Crippen LogP) is 1.51. The van der Waals surface area contributed by atoms with Gasteiger partial charge in [-0.15, -0.1) is 0 Å². The smallest absolute Gasteiger partial charge is 0.0747 e. The summed E-state index contributed by atoms with van der Waals surface area (Å²) in [4.78, 5) is 2.02. The number of nitrogens with zero attached hydrogens (tertiary/aromatic N) is 3. The van der Waals surface area contributed by atoms with Crippen LogP contribution in [0.2, 0.25) is 0 Å². The van der Waals surface area contributed by atoms with E-state index in [0.29, 0.717) is 0 Å². The van der Waals surface area contributed by atoms with Gasteiger partial charge in [-0.05, 0) is 0 Å². The number of anilines is 1. The SMILES string of the molecule is CC.CN(C)c1cnn(C)c1. The molecule has 1 aromatic heterocycles. The van der Waals surface area contributed by atoms with E-state index >= 15 is 0 Å². The summed E-state index contributed by atoms with van der Waals surface area (Å²) in [5, 5.41) is 4.01. The normalized spacial score (nSPS) is 8.45. The van der Waals surface area contributed by atoms with E-state index in [1.165, 1.54) is 0 Å². The van der Waals surface area contributed by atoms with Crippen molar-refractivity contribution >= 4 is 5.69 Å². The van der Waals surface area contributed by atoms with Gasteiger partial charge in [0.25, 0.3) is 0 Å². The molecule has 0 unspecified atom stereocenters. The van der Waals surface area contributed by atoms with E-state index in [9.17, 15) is 0 Å². The van der Waals surface area contributed by atoms with Crippen LogP contribution in [0.15, 0.2) is 12.4 Å². The van der Waals surface area contributed by atoms with Gasteiger partial charge in [-0.3, -0.25) is 4.68 Å². The Bertz CT molecular complexity index is 191. The van der Waals surface area contributed by atoms with Crippen molar-refractivity contribution in [2.45, 2.75) is 13.8 Å². The first-order chi connectivity index (χ1) is 5.20. The largest absolute Gasteiger partial charge is 0.375 e. The summed E-state index contributed by atoms with van der Waals surface area (Å²) in [6.07, 6.45) is 3.81. The van der Waals surface area contributed by atoms with Crippen molar-refractivity contribution in [1.82, 2.24) is 9.78 Å². The summed E-state index contributed by atoms with van der Waals surface area (Å²) in [6.45, 7) is 4.00. The zero-order valence-corrected chi connectivity index (χ0v) is 8.00. The van der Waals surface area contributed by atoms with Crippen LogP contribution in [0.5, 0.6) is 0 Å². The van der Waals surface area contributed by atoms with Crippen LogP contribution in [0.25, 0.3) is 0 Å². The van der Waals surface area contributed by atoms with Crippen molar-refractivity contribution in [3.8, 4) is 0 Å². The van der Waals surface area contributed by atoms with E-state index in [-0.39, 0.29) is 0 Å². The Morgan fingerprint density at radius 3 is 2.09 bits per heavy atom. The molecule has 0 radical (unpaired) electrons. The molecule has 0 fully saturated rings. The molecular formula is C8H17N3. The Labute approximate surface area is 68.6 Å². The Morgan fingerprint density at radius 1 is 1.36 bits per heavy atom. The minimum atomic E-state index is 1.14. The Balaban J connectivity index is 0.000000461. The number of hydrogen-bond acceptors (Lipinski definition) is 2. The summed E-state index contributed by atoms with van der Waals surface area (Å²) < 4.78 is 1.79. The van der Waals surface area contributed by atoms with E-state index in [0.717, 1.165) is 5.69 Å². The third-order valence-corrected chi connectivity index (χ3v) is 1.21. The zero-order valence-electron chi connectivity index (χ0n) is 8.00. The number of aromatic nitrogens is 2. The van der Waals surface area contributed by atoms with Crippen LogP contribution in [0.1, 0.15) is 13.8 Å². The molecule has 0 saturated heterocycles. The zero-order chi connectivity index (χ0) is 8.85. The molecule has 0 spiro atoms. The highest BCUT2D eigenvalue weighted by Crippen LogP contribution is 2.05. The standard InChI is InChI=1S/C6H11N3.C2H6/c1-8(2)6-4-7-9(3)5-6;1-2/h4-5H,1-3H3;1-2H3. The number of rotatable bonds is 1. The number of hydrogen-bond donors (Lipinski definition) is 0. The molecule has 1 heterocycles. The summed E-state index contributed by atoms with van der Waals surface area (Å²) >= 11 is 0. The summed E-state index contributed by atoms with van der Waals surface area (Å²) in [7, 11) is 5.90. The Morgan fingerprint density at radius 2 is 1.91 bits per heavy atom. The van der Waals surface area contributed by atoms with Crippen LogP contribution >= 0.6 is 0 Å². The van der Waals surface area contributed by atoms with Gasteiger partial charge in [-0.25, -0.2) is 0 Å². The maximum absolute atomic E-state index is 4.01. The van der Waals surface area contributed by atoms with E-state index in [1.54, 1.807) is 4.68 Å². The molecule has 0 amide bonds. The molecule has 0 atom stereocenters. The summed E-state index contributed by atoms with van der Waals surface area (Å²) in [6, 6.07) is 0. The average molecular weight is 155 g/mol. The quantitative estimate of drug-likeness (QED) is 0.613. The molecular weight excluding hydrogens is 138 g/mol. The predicted molar refractivity (Wildman–Crippen MR) is 48.9 cm³/mol. The van der Waals surface area contributed by atoms with Gasteiger partial charge in [0.15, 0.2) is 0 Å². The minimum Gasteiger partial charge on any atom is -0.375 e. The van der Waals surface area contributed by atoms with E-state index < -0.39 is 0 Å². The molecule has 0 N–H and O–H groups in total. The lowest BCUT2D eigenvalue weighted by atomic mass is 10.5. The van der Waals surface area contributed by atoms with Crippen LogP contribution < -0.4 is 4.90 Å². The van der Waals surface area contributed by atoms with Gasteiger partial charge in [0.05, 0.1) is 11.9 Å². The molecule has 0 aromatic carbocycles. The molecule has 0 aliphatic heterocycles. The summed E-state index contributed by atoms with van der Waals surface area (Å²) in [5.74, 6) is 0. The van der Waals surface area contributed by atoms with E-state index in [1.807, 2.05) is 52.3 Å². The topological polar surface area (TPSA) is 21.1 Å². The van der Waals surface area contributed by atoms with Gasteiger partial charge in [-0.1, -0.05) is 13.8 Å². The van der Waals surface area contributed by atoms with Crippen molar-refractivity contribution < 1.29 is 0 Å². The summed E-state index contributed by atoms with van der Waals surface area (Å²) in [5.41, 5.74) is 1.14. The molecule has 1 aromatic rings. The Hall–Kier alpha value is -0.990. The van der Waals surface area contributed by atoms with E-state index in [4.69, 9.17) is 0 Å². The lowest BCUT2D eigenvalue weighted by molar-refractivity contribution is 0.767. The molecule has 3 nitrogen and oxygen atoms in total. The highest BCUT2D eigenvalue weighted by Gasteiger charge is 1.94. The van der Waals surface area contributed by atoms with Crippen molar-refractivity contribution in [3.05, 3.63) is 12.4 Å². The maximum Gasteiger partial charge on any atom is 0.0747 e. The third-order valence-electron chi connectivity index (χ3n) is 1.21. The van der Waals surface area contributed by atoms with Crippen LogP contribution in [0, 0.1) is 0 Å². The molecule has 0 aliphatic carbocycles. The van der Waals surface area contributed by atoms with Crippen LogP contribution in [0.3, 0.4) is 0 Å². The van der Waals surface area contributed by atoms with Crippen molar-refractivity contribution in [3.63, 3.8) is 0 Å². The van der Waals surface area contributed by atoms with Crippen LogP contribution in [-0.2, 0) is 7.05 Å². The highest BCUT2D eigenvalue weighted by atomic mass is 15.3. The molecule has 3 heteroatoms. The highest BCUT2D eigenvalue weighted by molar-refractivity contribution is 5.39. The van der Waals surface area contributed by atoms with Gasteiger partial charge >= 0.3 is 0 Å². The second kappa shape index (κ2) is 4.77. The fraction of sp³-hybridized carbons (Fsp3) is 0.625. The molecule has 64 valence electrons. The first-order valence-corrected chi connectivity index (χ1v) is 3.86. The molecule has 0 saturated carbocycles. The molecule has 0 aliphatic rings. The number of aryl methyl sites for hydroxylation is 1. The molecule has 11 heavy (non-hydrogen) atoms. The maximum atomic E-state index is 4.01. The first kappa shape index (κ1) is 10.0. The lowest BCUT2D eigenvalue weighted by Crippen LogP contribution is -2.07. The van der Waals surface area contributed by atoms with Crippen LogP contribution in [0.4, 0.5) is 5.69 Å². The van der Waals surface area contributed by atoms with Crippen molar-refractivity contribution in [1.29, 1.82) is 0 Å². The second-order valence-corrected chi connectivity index (χ2v) is 2.27. The lowest BCUT2D eigenvalue weighted by Gasteiger charge is -2.06. The monoisotopic (exact) mass is 155 g/mol. The second-order valence-electron chi connectivity index (χ2n) is 2.27. The fourth-order valence-corrected chi connectivity index (χ4v) is 0.639. The van der Waals surface area contributed by atoms with Gasteiger partial charge in [0, 0.05) is 27.3 Å². The third kappa shape index (κ3) is 3.07. The minimum absolute atomic E-state index is 1.14. The average Bonchev–Trinajstić information content (AvgIpc) is 2.40. The van der Waals surface area contributed by atoms with Gasteiger partial charge in [0.1, 0.15) is 0 Å². The van der Waals surface area contributed by atoms with Crippen molar-refractivity contribution in [2.24, 2.45) is 7.05 Å². The Kier molecular flexibility index (Phi) is 4.34. The van der Waals surface area contributed by atoms with Gasteiger partial charge in [-0.2, -0.15) is 5.10 Å².